The minimum atomic E-state index is -1.19. The number of fused-ring (bicyclic) bond motifs is 1. The Balaban J connectivity index is 1.53. The van der Waals surface area contributed by atoms with Crippen LogP contribution in [0.3, 0.4) is 0 Å². The summed E-state index contributed by atoms with van der Waals surface area (Å²) in [5.41, 5.74) is 3.75. The fraction of sp³-hybridized carbons (Fsp3) is 0.250. The molecule has 0 spiro atoms. The van der Waals surface area contributed by atoms with Crippen molar-refractivity contribution in [2.45, 2.75) is 45.8 Å². The normalized spacial score (nSPS) is 17.3. The van der Waals surface area contributed by atoms with E-state index in [2.05, 4.69) is 17.3 Å². The molecule has 0 bridgehead atoms. The van der Waals surface area contributed by atoms with Gasteiger partial charge in [0.25, 0.3) is 5.91 Å². The van der Waals surface area contributed by atoms with Gasteiger partial charge in [0.15, 0.2) is 5.76 Å². The highest BCUT2D eigenvalue weighted by atomic mass is 16.3. The fourth-order valence-corrected chi connectivity index (χ4v) is 4.61. The number of furan rings is 1. The molecule has 1 N–H and O–H groups in total. The Hall–Kier alpha value is -4.13. The topological polar surface area (TPSA) is 80.4 Å². The predicted octanol–water partition coefficient (Wildman–Crippen LogP) is 4.75. The molecule has 1 unspecified atom stereocenters. The molecule has 7 heteroatoms. The molecular weight excluding hydrogens is 440 g/mol. The van der Waals surface area contributed by atoms with Crippen molar-refractivity contribution in [1.82, 2.24) is 15.1 Å². The minimum Gasteiger partial charge on any atom is -0.463 e. The molecule has 0 radical (unpaired) electrons. The lowest BCUT2D eigenvalue weighted by Gasteiger charge is -2.43. The lowest BCUT2D eigenvalue weighted by Crippen LogP contribution is -2.64. The zero-order valence-corrected chi connectivity index (χ0v) is 20.1. The Morgan fingerprint density at radius 2 is 1.89 bits per heavy atom. The average molecular weight is 469 g/mol. The van der Waals surface area contributed by atoms with E-state index in [0.717, 1.165) is 23.1 Å². The number of rotatable bonds is 6. The average Bonchev–Trinajstić information content (AvgIpc) is 3.53. The first-order valence-corrected chi connectivity index (χ1v) is 11.8. The second-order valence-electron chi connectivity index (χ2n) is 9.16. The van der Waals surface area contributed by atoms with E-state index in [-0.39, 0.29) is 18.4 Å². The zero-order valence-electron chi connectivity index (χ0n) is 20.1. The van der Waals surface area contributed by atoms with Gasteiger partial charge in [-0.05, 0) is 55.7 Å². The first-order valence-electron chi connectivity index (χ1n) is 11.8. The van der Waals surface area contributed by atoms with Crippen molar-refractivity contribution in [3.8, 4) is 11.5 Å². The summed E-state index contributed by atoms with van der Waals surface area (Å²) in [6, 6.07) is 21.1. The second-order valence-corrected chi connectivity index (χ2v) is 9.16. The maximum absolute atomic E-state index is 13.8. The quantitative estimate of drug-likeness (QED) is 0.443. The van der Waals surface area contributed by atoms with Crippen LogP contribution in [-0.2, 0) is 24.3 Å². The SMILES string of the molecule is CCc1ccc(N2C(=O)c3cc(-c4ccco4)nn3CC2(C)C(=O)NCc2cccc(C)c2)cc1. The summed E-state index contributed by atoms with van der Waals surface area (Å²) in [4.78, 5) is 29.2. The molecule has 2 aromatic carbocycles. The molecule has 7 nitrogen and oxygen atoms in total. The molecule has 1 aliphatic rings. The van der Waals surface area contributed by atoms with Crippen molar-refractivity contribution in [2.75, 3.05) is 4.90 Å². The van der Waals surface area contributed by atoms with Gasteiger partial charge in [-0.15, -0.1) is 0 Å². The second kappa shape index (κ2) is 8.91. The summed E-state index contributed by atoms with van der Waals surface area (Å²) in [6.45, 7) is 6.48. The molecule has 2 aromatic heterocycles. The fourth-order valence-electron chi connectivity index (χ4n) is 4.61. The molecule has 5 rings (SSSR count). The molecule has 35 heavy (non-hydrogen) atoms. The van der Waals surface area contributed by atoms with E-state index in [4.69, 9.17) is 4.42 Å². The largest absolute Gasteiger partial charge is 0.463 e. The molecule has 178 valence electrons. The van der Waals surface area contributed by atoms with Gasteiger partial charge in [-0.25, -0.2) is 0 Å². The molecule has 3 heterocycles. The molecule has 1 aliphatic heterocycles. The highest BCUT2D eigenvalue weighted by molar-refractivity contribution is 6.12. The molecular formula is C28H28N4O3. The third kappa shape index (κ3) is 4.14. The van der Waals surface area contributed by atoms with Crippen LogP contribution < -0.4 is 10.2 Å². The van der Waals surface area contributed by atoms with E-state index < -0.39 is 5.54 Å². The Morgan fingerprint density at radius 3 is 2.57 bits per heavy atom. The third-order valence-electron chi connectivity index (χ3n) is 6.55. The Morgan fingerprint density at radius 1 is 1.09 bits per heavy atom. The number of amides is 2. The van der Waals surface area contributed by atoms with Crippen molar-refractivity contribution in [3.63, 3.8) is 0 Å². The highest BCUT2D eigenvalue weighted by Crippen LogP contribution is 2.34. The van der Waals surface area contributed by atoms with Crippen molar-refractivity contribution < 1.29 is 14.0 Å². The summed E-state index contributed by atoms with van der Waals surface area (Å²) in [5, 5.41) is 7.65. The number of aryl methyl sites for hydroxylation is 2. The minimum absolute atomic E-state index is 0.212. The summed E-state index contributed by atoms with van der Waals surface area (Å²) in [7, 11) is 0. The van der Waals surface area contributed by atoms with Crippen LogP contribution in [0.5, 0.6) is 0 Å². The molecule has 0 fully saturated rings. The van der Waals surface area contributed by atoms with E-state index in [1.165, 1.54) is 0 Å². The number of nitrogens with one attached hydrogen (secondary N) is 1. The van der Waals surface area contributed by atoms with Gasteiger partial charge in [-0.2, -0.15) is 5.10 Å². The molecule has 0 aliphatic carbocycles. The van der Waals surface area contributed by atoms with Crippen LogP contribution >= 0.6 is 0 Å². The molecule has 0 saturated carbocycles. The van der Waals surface area contributed by atoms with Crippen LogP contribution in [0.2, 0.25) is 0 Å². The van der Waals surface area contributed by atoms with Gasteiger partial charge in [0.1, 0.15) is 16.9 Å². The van der Waals surface area contributed by atoms with Gasteiger partial charge in [0.05, 0.1) is 12.8 Å². The van der Waals surface area contributed by atoms with Crippen molar-refractivity contribution >= 4 is 17.5 Å². The Bertz CT molecular complexity index is 1370. The monoisotopic (exact) mass is 468 g/mol. The highest BCUT2D eigenvalue weighted by Gasteiger charge is 2.49. The molecule has 1 atom stereocenters. The summed E-state index contributed by atoms with van der Waals surface area (Å²) < 4.78 is 7.10. The first-order chi connectivity index (χ1) is 16.9. The van der Waals surface area contributed by atoms with Crippen LogP contribution in [0, 0.1) is 6.92 Å². The Labute approximate surface area is 204 Å². The van der Waals surface area contributed by atoms with E-state index >= 15 is 0 Å². The number of benzene rings is 2. The summed E-state index contributed by atoms with van der Waals surface area (Å²) in [5.74, 6) is 0.0517. The van der Waals surface area contributed by atoms with Gasteiger partial charge in [-0.1, -0.05) is 48.9 Å². The lowest BCUT2D eigenvalue weighted by molar-refractivity contribution is -0.126. The molecule has 4 aromatic rings. The lowest BCUT2D eigenvalue weighted by atomic mass is 9.93. The number of anilines is 1. The van der Waals surface area contributed by atoms with Gasteiger partial charge >= 0.3 is 0 Å². The number of hydrogen-bond donors (Lipinski definition) is 1. The van der Waals surface area contributed by atoms with E-state index in [1.54, 1.807) is 41.0 Å². The van der Waals surface area contributed by atoms with Gasteiger partial charge < -0.3 is 9.73 Å². The van der Waals surface area contributed by atoms with Gasteiger partial charge in [0, 0.05) is 18.3 Å². The molecule has 0 saturated heterocycles. The number of carbonyl (C=O) groups is 2. The van der Waals surface area contributed by atoms with Crippen LogP contribution in [0.25, 0.3) is 11.5 Å². The number of carbonyl (C=O) groups excluding carboxylic acids is 2. The van der Waals surface area contributed by atoms with E-state index in [0.29, 0.717) is 29.4 Å². The van der Waals surface area contributed by atoms with Crippen LogP contribution in [-0.4, -0.2) is 27.1 Å². The maximum atomic E-state index is 13.8. The summed E-state index contributed by atoms with van der Waals surface area (Å²) in [6.07, 6.45) is 2.46. The van der Waals surface area contributed by atoms with Crippen LogP contribution in [0.15, 0.2) is 77.4 Å². The van der Waals surface area contributed by atoms with Gasteiger partial charge in [0.2, 0.25) is 5.91 Å². The van der Waals surface area contributed by atoms with Crippen LogP contribution in [0.1, 0.15) is 41.0 Å². The Kier molecular flexibility index (Phi) is 5.76. The maximum Gasteiger partial charge on any atom is 0.277 e. The number of aromatic nitrogens is 2. The van der Waals surface area contributed by atoms with Crippen molar-refractivity contribution in [1.29, 1.82) is 0 Å². The van der Waals surface area contributed by atoms with Crippen molar-refractivity contribution in [3.05, 3.63) is 95.4 Å². The van der Waals surface area contributed by atoms with Crippen molar-refractivity contribution in [2.24, 2.45) is 0 Å². The smallest absolute Gasteiger partial charge is 0.277 e. The summed E-state index contributed by atoms with van der Waals surface area (Å²) >= 11 is 0. The third-order valence-corrected chi connectivity index (χ3v) is 6.55. The van der Waals surface area contributed by atoms with E-state index in [1.807, 2.05) is 55.5 Å². The zero-order chi connectivity index (χ0) is 24.6. The molecule has 2 amide bonds. The van der Waals surface area contributed by atoms with Gasteiger partial charge in [-0.3, -0.25) is 19.2 Å². The number of nitrogens with zero attached hydrogens (tertiary/aromatic N) is 3. The van der Waals surface area contributed by atoms with E-state index in [9.17, 15) is 9.59 Å². The van der Waals surface area contributed by atoms with Crippen LogP contribution in [0.4, 0.5) is 5.69 Å². The predicted molar refractivity (Wildman–Crippen MR) is 134 cm³/mol. The first kappa shape index (κ1) is 22.7. The number of hydrogen-bond acceptors (Lipinski definition) is 4. The standard InChI is InChI=1S/C28H28N4O3/c1-4-20-10-12-22(13-11-20)32-26(33)24-16-23(25-9-6-14-35-25)30-31(24)18-28(32,3)27(34)29-17-21-8-5-7-19(2)15-21/h5-16H,4,17-18H2,1-3H3,(H,29,34).